The van der Waals surface area contributed by atoms with E-state index in [2.05, 4.69) is 51.1 Å². The van der Waals surface area contributed by atoms with E-state index in [0.717, 1.165) is 19.3 Å². The van der Waals surface area contributed by atoms with Gasteiger partial charge >= 0.3 is 0 Å². The van der Waals surface area contributed by atoms with Crippen molar-refractivity contribution in [1.82, 2.24) is 37.2 Å². The van der Waals surface area contributed by atoms with Gasteiger partial charge in [-0.1, -0.05) is 38.8 Å². The van der Waals surface area contributed by atoms with E-state index in [0.29, 0.717) is 43.8 Å². The number of guanidine groups is 1. The minimum atomic E-state index is -1.40. The first-order valence-corrected chi connectivity index (χ1v) is 17.6. The number of carbonyl (C=O) groups excluding carboxylic acids is 6. The standard InChI is InChI=1S/C34H56N10O7/c1-21(2)8-4-6-16-38-28(46)19-27-33(51)44-26(18-22-11-13-23(45)14-12-22)32(50)43-25(9-3-5-15-35)31(49)42-24(10-7-17-39-34(36)37)30(48)40-20-29(47)41-27/h11-14,21,24-27,45H,3-10,15-20,35H2,1-2H3,(H,38,46)(H,40,48)(H,41,47)(H,42,49)(H,43,50)(H,44,51)(H4,36,37,39)/t24-,25?,26?,27?/m0/s1. The number of hydrogen-bond acceptors (Lipinski definition) is 9. The van der Waals surface area contributed by atoms with Crippen LogP contribution in [0.2, 0.25) is 0 Å². The summed E-state index contributed by atoms with van der Waals surface area (Å²) in [6, 6.07) is 1.10. The van der Waals surface area contributed by atoms with E-state index in [1.54, 1.807) is 12.1 Å². The zero-order valence-electron chi connectivity index (χ0n) is 29.6. The molecule has 0 bridgehead atoms. The van der Waals surface area contributed by atoms with Crippen LogP contribution in [0.3, 0.4) is 0 Å². The smallest absolute Gasteiger partial charge is 0.243 e. The van der Waals surface area contributed by atoms with E-state index in [9.17, 15) is 33.9 Å². The van der Waals surface area contributed by atoms with Gasteiger partial charge in [-0.25, -0.2) is 0 Å². The van der Waals surface area contributed by atoms with Gasteiger partial charge in [-0.3, -0.25) is 34.2 Å². The number of hydrogen-bond donors (Lipinski definition) is 11. The number of rotatable bonds is 17. The minimum Gasteiger partial charge on any atom is -0.508 e. The molecule has 1 heterocycles. The topological polar surface area (TPSA) is 283 Å². The van der Waals surface area contributed by atoms with Crippen molar-refractivity contribution in [3.63, 3.8) is 0 Å². The largest absolute Gasteiger partial charge is 0.508 e. The summed E-state index contributed by atoms with van der Waals surface area (Å²) in [6.45, 7) is 4.62. The molecule has 0 aliphatic carbocycles. The number of benzene rings is 1. The molecule has 1 fully saturated rings. The molecule has 17 nitrogen and oxygen atoms in total. The van der Waals surface area contributed by atoms with Gasteiger partial charge in [0.05, 0.1) is 13.0 Å². The molecular formula is C34H56N10O7. The molecule has 17 heteroatoms. The summed E-state index contributed by atoms with van der Waals surface area (Å²) < 4.78 is 0. The number of amides is 6. The lowest BCUT2D eigenvalue weighted by molar-refractivity contribution is -0.134. The third kappa shape index (κ3) is 17.0. The SMILES string of the molecule is CC(C)CCCCNC(=O)CC1NC(=O)CNC(=O)[C@H](CCCNC(=N)N)NC(=O)C(CCCCN)NC(=O)C(Cc2ccc(O)cc2)NC1=O. The van der Waals surface area contributed by atoms with Gasteiger partial charge in [0.15, 0.2) is 5.96 Å². The van der Waals surface area contributed by atoms with E-state index in [-0.39, 0.29) is 37.5 Å². The van der Waals surface area contributed by atoms with Crippen LogP contribution in [0.1, 0.15) is 77.2 Å². The van der Waals surface area contributed by atoms with E-state index in [4.69, 9.17) is 16.9 Å². The summed E-state index contributed by atoms with van der Waals surface area (Å²) in [7, 11) is 0. The Morgan fingerprint density at radius 1 is 0.804 bits per heavy atom. The molecular weight excluding hydrogens is 660 g/mol. The van der Waals surface area contributed by atoms with Crippen LogP contribution in [0.25, 0.3) is 0 Å². The highest BCUT2D eigenvalue weighted by Gasteiger charge is 2.33. The quantitative estimate of drug-likeness (QED) is 0.0516. The van der Waals surface area contributed by atoms with Gasteiger partial charge in [0.2, 0.25) is 35.4 Å². The molecule has 0 radical (unpaired) electrons. The van der Waals surface area contributed by atoms with Gasteiger partial charge in [0.1, 0.15) is 29.9 Å². The summed E-state index contributed by atoms with van der Waals surface area (Å²) >= 11 is 0. The number of unbranched alkanes of at least 4 members (excludes halogenated alkanes) is 2. The van der Waals surface area contributed by atoms with Crippen molar-refractivity contribution >= 4 is 41.4 Å². The second-order valence-electron chi connectivity index (χ2n) is 13.1. The molecule has 1 aromatic rings. The maximum atomic E-state index is 13.9. The number of phenols is 1. The summed E-state index contributed by atoms with van der Waals surface area (Å²) in [4.78, 5) is 80.4. The van der Waals surface area contributed by atoms with Crippen molar-refractivity contribution in [2.24, 2.45) is 17.4 Å². The summed E-state index contributed by atoms with van der Waals surface area (Å²) in [5.41, 5.74) is 11.6. The van der Waals surface area contributed by atoms with Gasteiger partial charge in [-0.2, -0.15) is 0 Å². The van der Waals surface area contributed by atoms with E-state index in [1.165, 1.54) is 12.1 Å². The zero-order chi connectivity index (χ0) is 37.8. The summed E-state index contributed by atoms with van der Waals surface area (Å²) in [5.74, 6) is -3.88. The number of phenolic OH excluding ortho intramolecular Hbond substituents is 1. The first kappa shape index (κ1) is 42.2. The maximum Gasteiger partial charge on any atom is 0.243 e. The number of aromatic hydroxyl groups is 1. The molecule has 2 rings (SSSR count). The van der Waals surface area contributed by atoms with Crippen molar-refractivity contribution in [3.05, 3.63) is 29.8 Å². The second kappa shape index (κ2) is 22.7. The fraction of sp³-hybridized carbons (Fsp3) is 0.618. The molecule has 4 atom stereocenters. The average Bonchev–Trinajstić information content (AvgIpc) is 3.07. The van der Waals surface area contributed by atoms with Crippen LogP contribution in [0.5, 0.6) is 5.75 Å². The fourth-order valence-electron chi connectivity index (χ4n) is 5.36. The summed E-state index contributed by atoms with van der Waals surface area (Å²) in [6.07, 6.45) is 3.78. The second-order valence-corrected chi connectivity index (χ2v) is 13.1. The lowest BCUT2D eigenvalue weighted by atomic mass is 10.0. The van der Waals surface area contributed by atoms with Gasteiger partial charge in [0, 0.05) is 19.5 Å². The fourth-order valence-corrected chi connectivity index (χ4v) is 5.36. The summed E-state index contributed by atoms with van der Waals surface area (Å²) in [5, 5.41) is 35.5. The predicted molar refractivity (Wildman–Crippen MR) is 191 cm³/mol. The first-order chi connectivity index (χ1) is 24.3. The van der Waals surface area contributed by atoms with Crippen LogP contribution in [-0.2, 0) is 35.2 Å². The lowest BCUT2D eigenvalue weighted by Crippen LogP contribution is -2.58. The highest BCUT2D eigenvalue weighted by molar-refractivity contribution is 5.98. The number of nitrogens with two attached hydrogens (primary N) is 2. The van der Waals surface area contributed by atoms with Crippen molar-refractivity contribution in [1.29, 1.82) is 5.41 Å². The van der Waals surface area contributed by atoms with Crippen molar-refractivity contribution in [2.45, 2.75) is 102 Å². The molecule has 284 valence electrons. The van der Waals surface area contributed by atoms with Crippen LogP contribution < -0.4 is 48.7 Å². The van der Waals surface area contributed by atoms with Crippen LogP contribution in [0.15, 0.2) is 24.3 Å². The lowest BCUT2D eigenvalue weighted by Gasteiger charge is -2.26. The Bertz CT molecular complexity index is 1320. The number of nitrogens with one attached hydrogen (secondary N) is 8. The van der Waals surface area contributed by atoms with E-state index >= 15 is 0 Å². The molecule has 1 aliphatic heterocycles. The minimum absolute atomic E-state index is 0.00118. The molecule has 1 aromatic carbocycles. The molecule has 0 aromatic heterocycles. The van der Waals surface area contributed by atoms with Gasteiger partial charge < -0.3 is 53.8 Å². The molecule has 51 heavy (non-hydrogen) atoms. The normalized spacial score (nSPS) is 20.5. The molecule has 1 saturated heterocycles. The highest BCUT2D eigenvalue weighted by atomic mass is 16.3. The zero-order valence-corrected chi connectivity index (χ0v) is 29.6. The van der Waals surface area contributed by atoms with Gasteiger partial charge in [-0.15, -0.1) is 0 Å². The Labute approximate surface area is 299 Å². The Balaban J connectivity index is 2.41. The Hall–Kier alpha value is -4.93. The van der Waals surface area contributed by atoms with Gasteiger partial charge in [0.25, 0.3) is 0 Å². The third-order valence-electron chi connectivity index (χ3n) is 8.20. The Morgan fingerprint density at radius 2 is 1.39 bits per heavy atom. The van der Waals surface area contributed by atoms with E-state index < -0.39 is 72.6 Å². The molecule has 1 aliphatic rings. The van der Waals surface area contributed by atoms with Crippen molar-refractivity contribution in [2.75, 3.05) is 26.2 Å². The molecule has 6 amide bonds. The first-order valence-electron chi connectivity index (χ1n) is 17.6. The number of carbonyl (C=O) groups is 6. The van der Waals surface area contributed by atoms with Crippen LogP contribution >= 0.6 is 0 Å². The predicted octanol–water partition coefficient (Wildman–Crippen LogP) is -1.27. The molecule has 0 spiro atoms. The third-order valence-corrected chi connectivity index (χ3v) is 8.20. The maximum absolute atomic E-state index is 13.9. The molecule has 0 saturated carbocycles. The van der Waals surface area contributed by atoms with Gasteiger partial charge in [-0.05, 0) is 68.7 Å². The van der Waals surface area contributed by atoms with Crippen molar-refractivity contribution < 1.29 is 33.9 Å². The van der Waals surface area contributed by atoms with Crippen molar-refractivity contribution in [3.8, 4) is 5.75 Å². The van der Waals surface area contributed by atoms with E-state index in [1.807, 2.05) is 0 Å². The van der Waals surface area contributed by atoms with Crippen LogP contribution in [0.4, 0.5) is 0 Å². The Morgan fingerprint density at radius 3 is 2.04 bits per heavy atom. The molecule has 13 N–H and O–H groups in total. The van der Waals surface area contributed by atoms with Crippen LogP contribution in [-0.4, -0.2) is 96.9 Å². The highest BCUT2D eigenvalue weighted by Crippen LogP contribution is 2.13. The monoisotopic (exact) mass is 716 g/mol. The average molecular weight is 717 g/mol. The van der Waals surface area contributed by atoms with Crippen LogP contribution in [0, 0.1) is 11.3 Å². The Kier molecular flexibility index (Phi) is 18.8. The molecule has 3 unspecified atom stereocenters.